The number of benzene rings is 1. The molecule has 2 N–H and O–H groups in total. The Bertz CT molecular complexity index is 948. The van der Waals surface area contributed by atoms with Crippen LogP contribution in [0.25, 0.3) is 11.0 Å². The fourth-order valence-corrected chi connectivity index (χ4v) is 4.67. The number of ether oxygens (including phenoxy) is 2. The number of aromatic nitrogens is 2. The topological polar surface area (TPSA) is 97.7 Å². The highest BCUT2D eigenvalue weighted by Crippen LogP contribution is 2.27. The van der Waals surface area contributed by atoms with Crippen LogP contribution >= 0.6 is 0 Å². The van der Waals surface area contributed by atoms with Crippen molar-refractivity contribution < 1.29 is 19.1 Å². The van der Waals surface area contributed by atoms with Crippen molar-refractivity contribution in [2.24, 2.45) is 5.92 Å². The highest BCUT2D eigenvalue weighted by atomic mass is 16.5. The molecule has 2 heterocycles. The summed E-state index contributed by atoms with van der Waals surface area (Å²) in [7, 11) is 1.65. The summed E-state index contributed by atoms with van der Waals surface area (Å²) in [5, 5.41) is 6.09. The van der Waals surface area contributed by atoms with Crippen molar-refractivity contribution in [3.8, 4) is 0 Å². The summed E-state index contributed by atoms with van der Waals surface area (Å²) in [5.41, 5.74) is 2.58. The van der Waals surface area contributed by atoms with Gasteiger partial charge in [0.2, 0.25) is 5.91 Å². The second-order valence-corrected chi connectivity index (χ2v) is 8.86. The molecule has 2 aliphatic rings. The molecule has 9 nitrogen and oxygen atoms in total. The van der Waals surface area contributed by atoms with Crippen LogP contribution in [0.3, 0.4) is 0 Å². The quantitative estimate of drug-likeness (QED) is 0.600. The first-order valence-corrected chi connectivity index (χ1v) is 12.0. The second-order valence-electron chi connectivity index (χ2n) is 8.86. The lowest BCUT2D eigenvalue weighted by molar-refractivity contribution is -0.120. The zero-order valence-electron chi connectivity index (χ0n) is 19.5. The van der Waals surface area contributed by atoms with E-state index in [9.17, 15) is 9.59 Å². The van der Waals surface area contributed by atoms with E-state index < -0.39 is 0 Å². The van der Waals surface area contributed by atoms with Crippen molar-refractivity contribution in [3.63, 3.8) is 0 Å². The van der Waals surface area contributed by atoms with E-state index in [0.29, 0.717) is 36.5 Å². The van der Waals surface area contributed by atoms with Crippen molar-refractivity contribution >= 4 is 28.5 Å². The molecule has 0 unspecified atom stereocenters. The van der Waals surface area contributed by atoms with Gasteiger partial charge >= 0.3 is 0 Å². The lowest BCUT2D eigenvalue weighted by Crippen LogP contribution is -2.41. The molecule has 1 saturated carbocycles. The normalized spacial score (nSPS) is 17.8. The highest BCUT2D eigenvalue weighted by Gasteiger charge is 2.23. The molecule has 2 amide bonds. The van der Waals surface area contributed by atoms with Gasteiger partial charge < -0.3 is 24.7 Å². The predicted molar refractivity (Wildman–Crippen MR) is 126 cm³/mol. The van der Waals surface area contributed by atoms with Crippen molar-refractivity contribution in [1.29, 1.82) is 0 Å². The summed E-state index contributed by atoms with van der Waals surface area (Å²) in [6, 6.07) is 3.63. The lowest BCUT2D eigenvalue weighted by Gasteiger charge is -2.26. The Morgan fingerprint density at radius 1 is 1.15 bits per heavy atom. The van der Waals surface area contributed by atoms with Crippen LogP contribution in [0, 0.1) is 5.92 Å². The zero-order valence-corrected chi connectivity index (χ0v) is 19.5. The van der Waals surface area contributed by atoms with Gasteiger partial charge in [0.15, 0.2) is 0 Å². The molecule has 1 aliphatic heterocycles. The lowest BCUT2D eigenvalue weighted by atomic mass is 9.88. The Kier molecular flexibility index (Phi) is 8.30. The number of morpholine rings is 1. The minimum absolute atomic E-state index is 0.0338. The Morgan fingerprint density at radius 3 is 2.70 bits per heavy atom. The van der Waals surface area contributed by atoms with Gasteiger partial charge in [-0.2, -0.15) is 0 Å². The molecular weight excluding hydrogens is 422 g/mol. The number of imidazole rings is 1. The van der Waals surface area contributed by atoms with Crippen LogP contribution in [0.1, 0.15) is 42.5 Å². The van der Waals surface area contributed by atoms with Gasteiger partial charge in [0, 0.05) is 51.4 Å². The third-order valence-electron chi connectivity index (χ3n) is 6.55. The molecule has 180 valence electrons. The number of methoxy groups -OCH3 is 1. The standard InChI is InChI=1S/C24H35N5O4/c1-32-12-11-29-17-26-21-16-19(27-23(30)18-5-3-2-4-6-18)15-20(22(21)29)24(31)25-7-8-28-9-13-33-14-10-28/h15-18H,2-14H2,1H3,(H,25,31)(H,27,30). The van der Waals surface area contributed by atoms with Gasteiger partial charge in [-0.05, 0) is 25.0 Å². The third-order valence-corrected chi connectivity index (χ3v) is 6.55. The number of rotatable bonds is 9. The van der Waals surface area contributed by atoms with Crippen molar-refractivity contribution in [3.05, 3.63) is 24.0 Å². The molecule has 9 heteroatoms. The number of carbonyl (C=O) groups is 2. The molecule has 4 rings (SSSR count). The number of anilines is 1. The van der Waals surface area contributed by atoms with Gasteiger partial charge in [-0.3, -0.25) is 14.5 Å². The average molecular weight is 458 g/mol. The molecule has 0 spiro atoms. The molecule has 2 aromatic rings. The molecule has 33 heavy (non-hydrogen) atoms. The van der Waals surface area contributed by atoms with Gasteiger partial charge in [0.05, 0.1) is 42.7 Å². The molecule has 0 radical (unpaired) electrons. The first-order valence-electron chi connectivity index (χ1n) is 12.0. The van der Waals surface area contributed by atoms with Crippen LogP contribution in [-0.2, 0) is 20.8 Å². The van der Waals surface area contributed by atoms with Crippen LogP contribution in [0.2, 0.25) is 0 Å². The fourth-order valence-electron chi connectivity index (χ4n) is 4.67. The molecule has 1 aromatic carbocycles. The van der Waals surface area contributed by atoms with Crippen LogP contribution in [0.15, 0.2) is 18.5 Å². The Labute approximate surface area is 194 Å². The number of nitrogens with zero attached hydrogens (tertiary/aromatic N) is 3. The number of hydrogen-bond acceptors (Lipinski definition) is 6. The summed E-state index contributed by atoms with van der Waals surface area (Å²) < 4.78 is 12.5. The maximum atomic E-state index is 13.2. The number of hydrogen-bond donors (Lipinski definition) is 2. The Balaban J connectivity index is 1.52. The van der Waals surface area contributed by atoms with Gasteiger partial charge in [-0.1, -0.05) is 19.3 Å². The van der Waals surface area contributed by atoms with E-state index in [4.69, 9.17) is 9.47 Å². The van der Waals surface area contributed by atoms with Crippen molar-refractivity contribution in [2.45, 2.75) is 38.6 Å². The molecule has 1 aromatic heterocycles. The molecule has 1 saturated heterocycles. The van der Waals surface area contributed by atoms with Gasteiger partial charge in [0.1, 0.15) is 0 Å². The van der Waals surface area contributed by atoms with Gasteiger partial charge in [-0.15, -0.1) is 0 Å². The van der Waals surface area contributed by atoms with Crippen LogP contribution in [0.5, 0.6) is 0 Å². The second kappa shape index (κ2) is 11.6. The molecule has 1 aliphatic carbocycles. The van der Waals surface area contributed by atoms with E-state index in [1.54, 1.807) is 19.5 Å². The Morgan fingerprint density at radius 2 is 1.94 bits per heavy atom. The number of nitrogens with one attached hydrogen (secondary N) is 2. The monoisotopic (exact) mass is 457 g/mol. The van der Waals surface area contributed by atoms with Crippen molar-refractivity contribution in [1.82, 2.24) is 19.8 Å². The minimum Gasteiger partial charge on any atom is -0.383 e. The molecule has 0 atom stereocenters. The van der Waals surface area contributed by atoms with Crippen LogP contribution < -0.4 is 10.6 Å². The fraction of sp³-hybridized carbons (Fsp3) is 0.625. The van der Waals surface area contributed by atoms with E-state index in [2.05, 4.69) is 20.5 Å². The first kappa shape index (κ1) is 23.7. The van der Waals surface area contributed by atoms with E-state index in [0.717, 1.165) is 64.0 Å². The zero-order chi connectivity index (χ0) is 23.0. The number of amides is 2. The van der Waals surface area contributed by atoms with Gasteiger partial charge in [-0.25, -0.2) is 4.98 Å². The first-order chi connectivity index (χ1) is 16.2. The van der Waals surface area contributed by atoms with E-state index in [-0.39, 0.29) is 17.7 Å². The third kappa shape index (κ3) is 6.10. The van der Waals surface area contributed by atoms with Crippen LogP contribution in [-0.4, -0.2) is 79.4 Å². The maximum absolute atomic E-state index is 13.2. The van der Waals surface area contributed by atoms with Gasteiger partial charge in [0.25, 0.3) is 5.91 Å². The van der Waals surface area contributed by atoms with Crippen molar-refractivity contribution in [2.75, 3.05) is 58.4 Å². The smallest absolute Gasteiger partial charge is 0.253 e. The highest BCUT2D eigenvalue weighted by molar-refractivity contribution is 6.07. The summed E-state index contributed by atoms with van der Waals surface area (Å²) in [6.07, 6.45) is 6.96. The Hall–Kier alpha value is -2.49. The summed E-state index contributed by atoms with van der Waals surface area (Å²) in [4.78, 5) is 32.8. The predicted octanol–water partition coefficient (Wildman–Crippen LogP) is 2.26. The van der Waals surface area contributed by atoms with E-state index >= 15 is 0 Å². The SMILES string of the molecule is COCCn1cnc2cc(NC(=O)C3CCCCC3)cc(C(=O)NCCN3CCOCC3)c21. The minimum atomic E-state index is -0.166. The number of fused-ring (bicyclic) bond motifs is 1. The number of carbonyl (C=O) groups excluding carboxylic acids is 2. The maximum Gasteiger partial charge on any atom is 0.253 e. The van der Waals surface area contributed by atoms with Crippen LogP contribution in [0.4, 0.5) is 5.69 Å². The molecular formula is C24H35N5O4. The average Bonchev–Trinajstić information content (AvgIpc) is 3.26. The summed E-state index contributed by atoms with van der Waals surface area (Å²) in [6.45, 7) is 5.66. The molecule has 2 fully saturated rings. The largest absolute Gasteiger partial charge is 0.383 e. The summed E-state index contributed by atoms with van der Waals surface area (Å²) >= 11 is 0. The van der Waals surface area contributed by atoms with E-state index in [1.807, 2.05) is 10.6 Å². The summed E-state index contributed by atoms with van der Waals surface area (Å²) in [5.74, 6) is -0.0905. The molecule has 0 bridgehead atoms. The van der Waals surface area contributed by atoms with E-state index in [1.165, 1.54) is 6.42 Å².